The van der Waals surface area contributed by atoms with E-state index in [0.717, 1.165) is 0 Å². The van der Waals surface area contributed by atoms with Gasteiger partial charge < -0.3 is 20.0 Å². The number of alkyl halides is 1. The first kappa shape index (κ1) is 20.8. The number of hydrogen-bond donors (Lipinski definition) is 3. The van der Waals surface area contributed by atoms with Crippen LogP contribution in [0.5, 0.6) is 0 Å². The van der Waals surface area contributed by atoms with Crippen molar-refractivity contribution in [2.45, 2.75) is 6.42 Å². The molecular weight excluding hydrogens is 401 g/mol. The Morgan fingerprint density at radius 3 is 2.67 bits per heavy atom. The molecule has 0 saturated heterocycles. The Bertz CT molecular complexity index is 622. The first-order chi connectivity index (χ1) is 11.3. The molecule has 0 saturated carbocycles. The van der Waals surface area contributed by atoms with Crippen LogP contribution in [0.3, 0.4) is 0 Å². The van der Waals surface area contributed by atoms with Crippen LogP contribution in [0.25, 0.3) is 0 Å². The van der Waals surface area contributed by atoms with Crippen molar-refractivity contribution in [2.75, 3.05) is 36.0 Å². The molecule has 1 aromatic carbocycles. The number of carbonyl (C=O) groups excluding carboxylic acids is 1. The van der Waals surface area contributed by atoms with E-state index in [2.05, 4.69) is 33.3 Å². The molecule has 0 aliphatic carbocycles. The van der Waals surface area contributed by atoms with Crippen LogP contribution in [0.15, 0.2) is 23.4 Å². The van der Waals surface area contributed by atoms with E-state index in [1.807, 2.05) is 4.90 Å². The van der Waals surface area contributed by atoms with E-state index >= 15 is 0 Å². The van der Waals surface area contributed by atoms with Gasteiger partial charge in [-0.2, -0.15) is 0 Å². The number of rotatable bonds is 10. The average Bonchev–Trinajstić information content (AvgIpc) is 2.55. The van der Waals surface area contributed by atoms with Crippen LogP contribution < -0.4 is 10.2 Å². The molecule has 0 unspecified atom stereocenters. The van der Waals surface area contributed by atoms with E-state index in [9.17, 15) is 14.3 Å². The minimum atomic E-state index is -4.08. The highest BCUT2D eigenvalue weighted by molar-refractivity contribution is 9.09. The molecule has 8 nitrogen and oxygen atoms in total. The number of nitroso groups, excluding NO2 is 1. The molecule has 1 rings (SSSR count). The maximum Gasteiger partial charge on any atom is 0.325 e. The van der Waals surface area contributed by atoms with Crippen molar-refractivity contribution < 1.29 is 19.1 Å². The lowest BCUT2D eigenvalue weighted by Gasteiger charge is -2.24. The summed E-state index contributed by atoms with van der Waals surface area (Å²) in [6, 6.07) is 4.54. The van der Waals surface area contributed by atoms with Gasteiger partial charge in [0.25, 0.3) is 5.91 Å². The van der Waals surface area contributed by atoms with Gasteiger partial charge in [-0.05, 0) is 36.7 Å². The van der Waals surface area contributed by atoms with Gasteiger partial charge in [-0.25, -0.2) is 0 Å². The molecule has 0 bridgehead atoms. The number of carbonyl (C=O) groups is 1. The summed E-state index contributed by atoms with van der Waals surface area (Å²) in [6.45, 7) is 4.99. The lowest BCUT2D eigenvalue weighted by molar-refractivity contribution is 0.0954. The van der Waals surface area contributed by atoms with Crippen LogP contribution >= 0.6 is 23.5 Å². The Hall–Kier alpha value is -1.28. The molecule has 133 valence electrons. The molecule has 1 radical (unpaired) electrons. The van der Waals surface area contributed by atoms with Gasteiger partial charge in [0.05, 0.1) is 11.7 Å². The molecule has 24 heavy (non-hydrogen) atoms. The fourth-order valence-corrected chi connectivity index (χ4v) is 3.07. The first-order valence-corrected chi connectivity index (χ1v) is 10.1. The third kappa shape index (κ3) is 6.68. The van der Waals surface area contributed by atoms with Gasteiger partial charge in [0, 0.05) is 30.7 Å². The van der Waals surface area contributed by atoms with Crippen LogP contribution in [0.1, 0.15) is 16.8 Å². The smallest absolute Gasteiger partial charge is 0.325 e. The van der Waals surface area contributed by atoms with Crippen molar-refractivity contribution in [3.8, 4) is 0 Å². The summed E-state index contributed by atoms with van der Waals surface area (Å²) >= 11 is 3.34. The molecular formula is C14H20BrN3O5P. The van der Waals surface area contributed by atoms with Crippen molar-refractivity contribution in [2.24, 2.45) is 5.18 Å². The highest BCUT2D eigenvalue weighted by Gasteiger charge is 2.17. The molecule has 0 aromatic heterocycles. The van der Waals surface area contributed by atoms with Gasteiger partial charge in [-0.1, -0.05) is 15.9 Å². The van der Waals surface area contributed by atoms with E-state index in [-0.39, 0.29) is 30.4 Å². The zero-order valence-corrected chi connectivity index (χ0v) is 15.5. The van der Waals surface area contributed by atoms with E-state index in [4.69, 9.17) is 9.79 Å². The third-order valence-electron chi connectivity index (χ3n) is 3.21. The minimum absolute atomic E-state index is 0.116. The molecule has 1 aromatic rings. The third-order valence-corrected chi connectivity index (χ3v) is 4.46. The van der Waals surface area contributed by atoms with Crippen molar-refractivity contribution in [3.05, 3.63) is 35.6 Å². The summed E-state index contributed by atoms with van der Waals surface area (Å²) in [5.41, 5.74) is 1.01. The van der Waals surface area contributed by atoms with Crippen LogP contribution in [0.4, 0.5) is 11.4 Å². The zero-order valence-electron chi connectivity index (χ0n) is 13.0. The second kappa shape index (κ2) is 9.88. The van der Waals surface area contributed by atoms with E-state index < -0.39 is 13.5 Å². The number of anilines is 1. The largest absolute Gasteiger partial charge is 0.370 e. The summed E-state index contributed by atoms with van der Waals surface area (Å²) in [5, 5.41) is 6.12. The van der Waals surface area contributed by atoms with Gasteiger partial charge in [-0.15, -0.1) is 4.91 Å². The first-order valence-electron chi connectivity index (χ1n) is 7.22. The second-order valence-electron chi connectivity index (χ2n) is 4.97. The Balaban J connectivity index is 2.91. The van der Waals surface area contributed by atoms with Crippen LogP contribution in [-0.2, 0) is 4.57 Å². The Morgan fingerprint density at radius 1 is 1.42 bits per heavy atom. The maximum absolute atomic E-state index is 12.4. The molecule has 0 spiro atoms. The molecule has 0 atom stereocenters. The van der Waals surface area contributed by atoms with E-state index in [1.54, 1.807) is 6.07 Å². The van der Waals surface area contributed by atoms with Gasteiger partial charge in [0.1, 0.15) is 5.69 Å². The second-order valence-corrected chi connectivity index (χ2v) is 7.54. The van der Waals surface area contributed by atoms with Crippen LogP contribution in [0, 0.1) is 11.8 Å². The van der Waals surface area contributed by atoms with Crippen molar-refractivity contribution in [1.82, 2.24) is 5.32 Å². The molecule has 0 aliphatic heterocycles. The summed E-state index contributed by atoms with van der Waals surface area (Å²) in [6.07, 6.45) is -0.151. The topological polar surface area (TPSA) is 119 Å². The van der Waals surface area contributed by atoms with Crippen molar-refractivity contribution in [3.63, 3.8) is 0 Å². The summed E-state index contributed by atoms with van der Waals surface area (Å²) in [7, 11) is -4.08. The zero-order chi connectivity index (χ0) is 18.2. The number of nitrogens with one attached hydrogen (secondary N) is 1. The highest BCUT2D eigenvalue weighted by Crippen LogP contribution is 2.34. The standard InChI is InChI=1S/C14H20BrN3O5P/c1-2-18(8-6-15)13-5-4-11(17-20)10-12(13)14(19)16-7-3-9-24(21,22)23/h4-5,10H,1-3,6-9H2,(H,16,19)(H2,21,22,23). The molecule has 3 N–H and O–H groups in total. The SMILES string of the molecule is [CH2]CN(CCBr)c1ccc(N=O)cc1C(=O)NCCCP(=O)(O)O. The quantitative estimate of drug-likeness (QED) is 0.231. The molecule has 10 heteroatoms. The number of halogens is 1. The Labute approximate surface area is 148 Å². The monoisotopic (exact) mass is 420 g/mol. The summed E-state index contributed by atoms with van der Waals surface area (Å²) < 4.78 is 10.8. The van der Waals surface area contributed by atoms with Crippen molar-refractivity contribution in [1.29, 1.82) is 0 Å². The number of amides is 1. The van der Waals surface area contributed by atoms with E-state index in [0.29, 0.717) is 24.1 Å². The average molecular weight is 421 g/mol. The van der Waals surface area contributed by atoms with Gasteiger partial charge in [-0.3, -0.25) is 9.36 Å². The Morgan fingerprint density at radius 2 is 2.12 bits per heavy atom. The Kier molecular flexibility index (Phi) is 8.55. The van der Waals surface area contributed by atoms with Crippen molar-refractivity contribution >= 4 is 40.8 Å². The van der Waals surface area contributed by atoms with E-state index in [1.165, 1.54) is 12.1 Å². The lowest BCUT2D eigenvalue weighted by Crippen LogP contribution is -2.30. The molecule has 0 fully saturated rings. The van der Waals surface area contributed by atoms with Gasteiger partial charge in [0.15, 0.2) is 0 Å². The van der Waals surface area contributed by atoms with Gasteiger partial charge >= 0.3 is 7.60 Å². The van der Waals surface area contributed by atoms with Gasteiger partial charge in [0.2, 0.25) is 0 Å². The minimum Gasteiger partial charge on any atom is -0.370 e. The normalized spacial score (nSPS) is 11.2. The highest BCUT2D eigenvalue weighted by atomic mass is 79.9. The predicted octanol–water partition coefficient (Wildman–Crippen LogP) is 2.42. The number of hydrogen-bond acceptors (Lipinski definition) is 5. The summed E-state index contributed by atoms with van der Waals surface area (Å²) in [5.74, 6) is -0.436. The molecule has 0 heterocycles. The molecule has 0 aliphatic rings. The van der Waals surface area contributed by atoms with Crippen LogP contribution in [0.2, 0.25) is 0 Å². The summed E-state index contributed by atoms with van der Waals surface area (Å²) in [4.78, 5) is 42.6. The van der Waals surface area contributed by atoms with Crippen LogP contribution in [-0.4, -0.2) is 46.8 Å². The molecule has 1 amide bonds. The predicted molar refractivity (Wildman–Crippen MR) is 97.1 cm³/mol. The number of nitrogens with zero attached hydrogens (tertiary/aromatic N) is 2. The number of benzene rings is 1. The maximum atomic E-state index is 12.4. The lowest BCUT2D eigenvalue weighted by atomic mass is 10.1. The fraction of sp³-hybridized carbons (Fsp3) is 0.429. The fourth-order valence-electron chi connectivity index (χ4n) is 2.08.